The van der Waals surface area contributed by atoms with E-state index in [2.05, 4.69) is 0 Å². The Morgan fingerprint density at radius 3 is 2.11 bits per heavy atom. The predicted molar refractivity (Wildman–Crippen MR) is 107 cm³/mol. The van der Waals surface area contributed by atoms with Gasteiger partial charge >= 0.3 is 11.9 Å². The van der Waals surface area contributed by atoms with Crippen LogP contribution in [0.15, 0.2) is 83.8 Å². The second kappa shape index (κ2) is 9.10. The van der Waals surface area contributed by atoms with E-state index in [0.29, 0.717) is 10.5 Å². The number of aromatic carboxylic acids is 1. The van der Waals surface area contributed by atoms with Crippen LogP contribution in [0.1, 0.15) is 26.7 Å². The first-order valence-corrected chi connectivity index (χ1v) is 9.41. The smallest absolute Gasteiger partial charge is 0.340 e. The summed E-state index contributed by atoms with van der Waals surface area (Å²) in [6.07, 6.45) is 0. The molecule has 0 spiro atoms. The molecule has 2 N–H and O–H groups in total. The van der Waals surface area contributed by atoms with E-state index in [-0.39, 0.29) is 17.9 Å². The van der Waals surface area contributed by atoms with Crippen LogP contribution in [-0.4, -0.2) is 22.2 Å². The molecule has 28 heavy (non-hydrogen) atoms. The second-order valence-corrected chi connectivity index (χ2v) is 7.10. The summed E-state index contributed by atoms with van der Waals surface area (Å²) >= 11 is 0.980. The summed E-state index contributed by atoms with van der Waals surface area (Å²) in [6.45, 7) is 0.219. The van der Waals surface area contributed by atoms with E-state index in [4.69, 9.17) is 4.74 Å². The molecule has 3 aromatic carbocycles. The number of rotatable bonds is 8. The zero-order chi connectivity index (χ0) is 19.9. The number of carboxylic acids is 2. The van der Waals surface area contributed by atoms with Gasteiger partial charge in [0.1, 0.15) is 23.2 Å². The molecule has 0 saturated carbocycles. The van der Waals surface area contributed by atoms with Crippen LogP contribution in [0.5, 0.6) is 5.75 Å². The summed E-state index contributed by atoms with van der Waals surface area (Å²) < 4.78 is 5.73. The normalized spacial score (nSPS) is 11.6. The number of benzene rings is 3. The maximum Gasteiger partial charge on any atom is 0.340 e. The molecule has 1 atom stereocenters. The van der Waals surface area contributed by atoms with Crippen LogP contribution in [-0.2, 0) is 11.4 Å². The molecule has 0 saturated heterocycles. The molecule has 0 fully saturated rings. The van der Waals surface area contributed by atoms with E-state index < -0.39 is 17.2 Å². The number of aliphatic carboxylic acids is 1. The van der Waals surface area contributed by atoms with Crippen molar-refractivity contribution in [1.29, 1.82) is 0 Å². The largest absolute Gasteiger partial charge is 0.488 e. The molecule has 6 heteroatoms. The molecule has 0 heterocycles. The van der Waals surface area contributed by atoms with Gasteiger partial charge < -0.3 is 14.9 Å². The lowest BCUT2D eigenvalue weighted by Gasteiger charge is -2.16. The minimum atomic E-state index is -1.16. The Morgan fingerprint density at radius 1 is 0.857 bits per heavy atom. The summed E-state index contributed by atoms with van der Waals surface area (Å²) in [7, 11) is 0. The number of hydrogen-bond donors (Lipinski definition) is 2. The van der Waals surface area contributed by atoms with Crippen LogP contribution in [0.4, 0.5) is 0 Å². The van der Waals surface area contributed by atoms with Gasteiger partial charge in [-0.3, -0.25) is 4.79 Å². The SMILES string of the molecule is O=C(O)c1c(OCc2ccccc2)cccc1SC(C(=O)O)c1ccccc1. The Morgan fingerprint density at radius 2 is 1.50 bits per heavy atom. The maximum absolute atomic E-state index is 11.9. The highest BCUT2D eigenvalue weighted by Gasteiger charge is 2.25. The predicted octanol–water partition coefficient (Wildman–Crippen LogP) is 4.88. The van der Waals surface area contributed by atoms with Crippen molar-refractivity contribution >= 4 is 23.7 Å². The Labute approximate surface area is 166 Å². The summed E-state index contributed by atoms with van der Waals surface area (Å²) in [4.78, 5) is 24.0. The van der Waals surface area contributed by atoms with Gasteiger partial charge in [-0.2, -0.15) is 0 Å². The molecule has 3 aromatic rings. The van der Waals surface area contributed by atoms with Crippen molar-refractivity contribution in [3.8, 4) is 5.75 Å². The fraction of sp³-hybridized carbons (Fsp3) is 0.0909. The van der Waals surface area contributed by atoms with E-state index in [1.54, 1.807) is 48.5 Å². The van der Waals surface area contributed by atoms with Gasteiger partial charge in [0.05, 0.1) is 0 Å². The van der Waals surface area contributed by atoms with Gasteiger partial charge in [0, 0.05) is 4.90 Å². The average molecular weight is 394 g/mol. The fourth-order valence-electron chi connectivity index (χ4n) is 2.69. The molecular weight excluding hydrogens is 376 g/mol. The Bertz CT molecular complexity index is 957. The third-order valence-electron chi connectivity index (χ3n) is 4.01. The van der Waals surface area contributed by atoms with Crippen LogP contribution in [0.25, 0.3) is 0 Å². The van der Waals surface area contributed by atoms with Gasteiger partial charge in [0.2, 0.25) is 0 Å². The highest BCUT2D eigenvalue weighted by molar-refractivity contribution is 8.00. The highest BCUT2D eigenvalue weighted by Crippen LogP contribution is 2.40. The lowest BCUT2D eigenvalue weighted by atomic mass is 10.1. The van der Waals surface area contributed by atoms with Crippen LogP contribution in [0, 0.1) is 0 Å². The molecule has 0 bridgehead atoms. The lowest BCUT2D eigenvalue weighted by molar-refractivity contribution is -0.136. The van der Waals surface area contributed by atoms with E-state index in [1.807, 2.05) is 30.3 Å². The first-order valence-electron chi connectivity index (χ1n) is 8.53. The Balaban J connectivity index is 1.90. The van der Waals surface area contributed by atoms with Crippen LogP contribution < -0.4 is 4.74 Å². The van der Waals surface area contributed by atoms with Crippen LogP contribution in [0.2, 0.25) is 0 Å². The second-order valence-electron chi connectivity index (χ2n) is 5.96. The van der Waals surface area contributed by atoms with Crippen molar-refractivity contribution in [2.45, 2.75) is 16.8 Å². The number of hydrogen-bond acceptors (Lipinski definition) is 4. The minimum absolute atomic E-state index is 0.0365. The molecule has 0 aliphatic heterocycles. The molecule has 0 radical (unpaired) electrons. The number of carboxylic acid groups (broad SMARTS) is 2. The van der Waals surface area contributed by atoms with Gasteiger partial charge in [0.15, 0.2) is 0 Å². The summed E-state index contributed by atoms with van der Waals surface area (Å²) in [5, 5.41) is 18.4. The first-order chi connectivity index (χ1) is 13.6. The van der Waals surface area contributed by atoms with Crippen molar-refractivity contribution in [1.82, 2.24) is 0 Å². The molecule has 0 aliphatic carbocycles. The van der Waals surface area contributed by atoms with Crippen molar-refractivity contribution in [2.24, 2.45) is 0 Å². The Kier molecular flexibility index (Phi) is 6.34. The van der Waals surface area contributed by atoms with Crippen molar-refractivity contribution < 1.29 is 24.5 Å². The Hall–Kier alpha value is -3.25. The molecule has 0 aliphatic rings. The highest BCUT2D eigenvalue weighted by atomic mass is 32.2. The van der Waals surface area contributed by atoms with Gasteiger partial charge in [-0.05, 0) is 23.3 Å². The van der Waals surface area contributed by atoms with E-state index >= 15 is 0 Å². The monoisotopic (exact) mass is 394 g/mol. The maximum atomic E-state index is 11.9. The van der Waals surface area contributed by atoms with Crippen molar-refractivity contribution in [3.63, 3.8) is 0 Å². The first kappa shape index (κ1) is 19.5. The zero-order valence-corrected chi connectivity index (χ0v) is 15.6. The summed E-state index contributed by atoms with van der Waals surface area (Å²) in [5.74, 6) is -2.00. The minimum Gasteiger partial charge on any atom is -0.488 e. The van der Waals surface area contributed by atoms with Crippen molar-refractivity contribution in [3.05, 3.63) is 95.6 Å². The van der Waals surface area contributed by atoms with Gasteiger partial charge in [0.25, 0.3) is 0 Å². The van der Waals surface area contributed by atoms with E-state index in [1.165, 1.54) is 0 Å². The third kappa shape index (κ3) is 4.72. The van der Waals surface area contributed by atoms with Gasteiger partial charge in [-0.1, -0.05) is 66.7 Å². The quantitative estimate of drug-likeness (QED) is 0.530. The molecule has 0 amide bonds. The number of ether oxygens (including phenoxy) is 1. The zero-order valence-electron chi connectivity index (χ0n) is 14.8. The van der Waals surface area contributed by atoms with Crippen LogP contribution in [0.3, 0.4) is 0 Å². The van der Waals surface area contributed by atoms with Gasteiger partial charge in [-0.15, -0.1) is 11.8 Å². The standard InChI is InChI=1S/C22H18O5S/c23-21(24)19-17(27-14-15-8-3-1-4-9-15)12-7-13-18(19)28-20(22(25)26)16-10-5-2-6-11-16/h1-13,20H,14H2,(H,23,24)(H,25,26). The number of thioether (sulfide) groups is 1. The molecule has 142 valence electrons. The van der Waals surface area contributed by atoms with Crippen LogP contribution >= 0.6 is 11.8 Å². The van der Waals surface area contributed by atoms with Crippen molar-refractivity contribution in [2.75, 3.05) is 0 Å². The molecular formula is C22H18O5S. The average Bonchev–Trinajstić information content (AvgIpc) is 2.71. The topological polar surface area (TPSA) is 83.8 Å². The molecule has 3 rings (SSSR count). The summed E-state index contributed by atoms with van der Waals surface area (Å²) in [5.41, 5.74) is 1.46. The molecule has 5 nitrogen and oxygen atoms in total. The summed E-state index contributed by atoms with van der Waals surface area (Å²) in [6, 6.07) is 23.0. The third-order valence-corrected chi connectivity index (χ3v) is 5.31. The lowest BCUT2D eigenvalue weighted by Crippen LogP contribution is -2.10. The van der Waals surface area contributed by atoms with E-state index in [0.717, 1.165) is 17.3 Å². The van der Waals surface area contributed by atoms with Gasteiger partial charge in [-0.25, -0.2) is 4.79 Å². The van der Waals surface area contributed by atoms with E-state index in [9.17, 15) is 19.8 Å². The molecule has 0 aromatic heterocycles. The number of carbonyl (C=O) groups is 2. The molecule has 1 unspecified atom stereocenters. The fourth-order valence-corrected chi connectivity index (χ4v) is 3.80.